The highest BCUT2D eigenvalue weighted by Crippen LogP contribution is 2.24. The number of nitro benzene ring substituents is 1. The van der Waals surface area contributed by atoms with E-state index in [-0.39, 0.29) is 23.9 Å². The summed E-state index contributed by atoms with van der Waals surface area (Å²) < 4.78 is 15.9. The molecule has 3 rings (SSSR count). The topological polar surface area (TPSA) is 134 Å². The van der Waals surface area contributed by atoms with E-state index in [0.29, 0.717) is 22.6 Å². The SMILES string of the molecule is Cc1noc(C)c1CC(=O)OC(C)c1nnc(-c2ccc([N+](=O)[O-])cc2)o1. The van der Waals surface area contributed by atoms with Gasteiger partial charge in [0.15, 0.2) is 6.10 Å². The van der Waals surface area contributed by atoms with Gasteiger partial charge in [0, 0.05) is 23.3 Å². The highest BCUT2D eigenvalue weighted by Gasteiger charge is 2.21. The molecule has 0 aliphatic rings. The largest absolute Gasteiger partial charge is 0.452 e. The third-order valence-electron chi connectivity index (χ3n) is 3.92. The van der Waals surface area contributed by atoms with Crippen molar-refractivity contribution >= 4 is 11.7 Å². The first-order chi connectivity index (χ1) is 12.8. The molecule has 1 atom stereocenters. The van der Waals surface area contributed by atoms with E-state index in [1.165, 1.54) is 24.3 Å². The Hall–Kier alpha value is -3.56. The Labute approximate surface area is 153 Å². The average molecular weight is 372 g/mol. The Bertz CT molecular complexity index is 956. The minimum Gasteiger partial charge on any atom is -0.452 e. The van der Waals surface area contributed by atoms with Gasteiger partial charge in [0.1, 0.15) is 5.76 Å². The van der Waals surface area contributed by atoms with Crippen LogP contribution in [-0.2, 0) is 16.0 Å². The minimum atomic E-state index is -0.753. The van der Waals surface area contributed by atoms with E-state index in [1.54, 1.807) is 20.8 Å². The lowest BCUT2D eigenvalue weighted by Gasteiger charge is -2.09. The van der Waals surface area contributed by atoms with Crippen molar-refractivity contribution in [1.29, 1.82) is 0 Å². The van der Waals surface area contributed by atoms with Crippen LogP contribution in [0.5, 0.6) is 0 Å². The number of hydrogen-bond donors (Lipinski definition) is 0. The van der Waals surface area contributed by atoms with E-state index in [9.17, 15) is 14.9 Å². The molecular formula is C17H16N4O6. The number of nitrogens with zero attached hydrogens (tertiary/aromatic N) is 4. The van der Waals surface area contributed by atoms with Crippen molar-refractivity contribution in [1.82, 2.24) is 15.4 Å². The van der Waals surface area contributed by atoms with Crippen LogP contribution in [0.1, 0.15) is 35.9 Å². The van der Waals surface area contributed by atoms with Gasteiger partial charge in [-0.3, -0.25) is 14.9 Å². The number of esters is 1. The maximum absolute atomic E-state index is 12.1. The first kappa shape index (κ1) is 18.2. The molecule has 0 amide bonds. The minimum absolute atomic E-state index is 0.0227. The summed E-state index contributed by atoms with van der Waals surface area (Å²) >= 11 is 0. The second-order valence-corrected chi connectivity index (χ2v) is 5.86. The molecule has 0 radical (unpaired) electrons. The van der Waals surface area contributed by atoms with Crippen molar-refractivity contribution in [2.45, 2.75) is 33.3 Å². The third-order valence-corrected chi connectivity index (χ3v) is 3.92. The molecule has 27 heavy (non-hydrogen) atoms. The van der Waals surface area contributed by atoms with Crippen LogP contribution in [0.4, 0.5) is 5.69 Å². The summed E-state index contributed by atoms with van der Waals surface area (Å²) in [4.78, 5) is 22.3. The fourth-order valence-electron chi connectivity index (χ4n) is 2.43. The number of carbonyl (C=O) groups is 1. The molecule has 0 aliphatic heterocycles. The number of carbonyl (C=O) groups excluding carboxylic acids is 1. The van der Waals surface area contributed by atoms with Crippen LogP contribution in [0.25, 0.3) is 11.5 Å². The zero-order chi connectivity index (χ0) is 19.6. The number of aromatic nitrogens is 3. The van der Waals surface area contributed by atoms with Gasteiger partial charge in [0.25, 0.3) is 11.6 Å². The highest BCUT2D eigenvalue weighted by atomic mass is 16.6. The van der Waals surface area contributed by atoms with Gasteiger partial charge in [0.2, 0.25) is 5.89 Å². The molecule has 3 aromatic rings. The summed E-state index contributed by atoms with van der Waals surface area (Å²) in [6, 6.07) is 5.69. The van der Waals surface area contributed by atoms with Crippen LogP contribution in [0.3, 0.4) is 0 Å². The summed E-state index contributed by atoms with van der Waals surface area (Å²) in [5.41, 5.74) is 1.80. The molecule has 1 aromatic carbocycles. The first-order valence-electron chi connectivity index (χ1n) is 8.04. The van der Waals surface area contributed by atoms with E-state index in [2.05, 4.69) is 15.4 Å². The second-order valence-electron chi connectivity index (χ2n) is 5.86. The van der Waals surface area contributed by atoms with E-state index >= 15 is 0 Å². The molecule has 0 fully saturated rings. The van der Waals surface area contributed by atoms with Gasteiger partial charge in [-0.2, -0.15) is 0 Å². The summed E-state index contributed by atoms with van der Waals surface area (Å²) in [6.45, 7) is 5.08. The highest BCUT2D eigenvalue weighted by molar-refractivity contribution is 5.73. The molecule has 1 unspecified atom stereocenters. The van der Waals surface area contributed by atoms with Crippen LogP contribution in [-0.4, -0.2) is 26.2 Å². The van der Waals surface area contributed by atoms with Crippen molar-refractivity contribution < 1.29 is 23.4 Å². The molecule has 0 N–H and O–H groups in total. The number of aryl methyl sites for hydroxylation is 2. The van der Waals surface area contributed by atoms with E-state index in [1.807, 2.05) is 0 Å². The van der Waals surface area contributed by atoms with Crippen LogP contribution < -0.4 is 0 Å². The molecule has 0 saturated carbocycles. The molecule has 0 saturated heterocycles. The second kappa shape index (κ2) is 7.36. The van der Waals surface area contributed by atoms with Gasteiger partial charge in [-0.1, -0.05) is 5.16 Å². The number of nitro groups is 1. The van der Waals surface area contributed by atoms with Gasteiger partial charge in [-0.15, -0.1) is 10.2 Å². The molecule has 0 spiro atoms. The van der Waals surface area contributed by atoms with E-state index in [0.717, 1.165) is 0 Å². The van der Waals surface area contributed by atoms with Crippen molar-refractivity contribution in [3.63, 3.8) is 0 Å². The quantitative estimate of drug-likeness (QED) is 0.363. The van der Waals surface area contributed by atoms with Crippen molar-refractivity contribution in [2.24, 2.45) is 0 Å². The normalized spacial score (nSPS) is 12.0. The fourth-order valence-corrected chi connectivity index (χ4v) is 2.43. The molecular weight excluding hydrogens is 356 g/mol. The molecule has 2 aromatic heterocycles. The molecule has 10 heteroatoms. The monoisotopic (exact) mass is 372 g/mol. The van der Waals surface area contributed by atoms with Gasteiger partial charge in [0.05, 0.1) is 17.0 Å². The predicted molar refractivity (Wildman–Crippen MR) is 90.6 cm³/mol. The number of rotatable bonds is 6. The Balaban J connectivity index is 1.66. The fraction of sp³-hybridized carbons (Fsp3) is 0.294. The van der Waals surface area contributed by atoms with Gasteiger partial charge < -0.3 is 13.7 Å². The number of non-ortho nitro benzene ring substituents is 1. The Morgan fingerprint density at radius 3 is 2.56 bits per heavy atom. The van der Waals surface area contributed by atoms with Crippen LogP contribution in [0, 0.1) is 24.0 Å². The zero-order valence-corrected chi connectivity index (χ0v) is 14.8. The average Bonchev–Trinajstić information content (AvgIpc) is 3.24. The number of benzene rings is 1. The van der Waals surface area contributed by atoms with Crippen molar-refractivity contribution in [3.8, 4) is 11.5 Å². The standard InChI is InChI=1S/C17H16N4O6/c1-9-14(10(2)27-20-9)8-15(22)25-11(3)16-18-19-17(26-16)12-4-6-13(7-5-12)21(23)24/h4-7,11H,8H2,1-3H3. The first-order valence-corrected chi connectivity index (χ1v) is 8.04. The van der Waals surface area contributed by atoms with Crippen molar-refractivity contribution in [3.05, 3.63) is 57.3 Å². The summed E-state index contributed by atoms with van der Waals surface area (Å²) in [7, 11) is 0. The van der Waals surface area contributed by atoms with Crippen LogP contribution >= 0.6 is 0 Å². The Morgan fingerprint density at radius 2 is 1.96 bits per heavy atom. The molecule has 2 heterocycles. The third kappa shape index (κ3) is 4.00. The lowest BCUT2D eigenvalue weighted by molar-refractivity contribution is -0.384. The smallest absolute Gasteiger partial charge is 0.311 e. The maximum Gasteiger partial charge on any atom is 0.311 e. The van der Waals surface area contributed by atoms with Gasteiger partial charge in [-0.25, -0.2) is 0 Å². The molecule has 0 bridgehead atoms. The van der Waals surface area contributed by atoms with Gasteiger partial charge in [-0.05, 0) is 32.9 Å². The van der Waals surface area contributed by atoms with E-state index in [4.69, 9.17) is 13.7 Å². The number of hydrogen-bond acceptors (Lipinski definition) is 9. The summed E-state index contributed by atoms with van der Waals surface area (Å²) in [5, 5.41) is 22.3. The summed E-state index contributed by atoms with van der Waals surface area (Å²) in [5.74, 6) is 0.381. The van der Waals surface area contributed by atoms with Gasteiger partial charge >= 0.3 is 5.97 Å². The molecule has 10 nitrogen and oxygen atoms in total. The zero-order valence-electron chi connectivity index (χ0n) is 14.8. The predicted octanol–water partition coefficient (Wildman–Crippen LogP) is 3.10. The summed E-state index contributed by atoms with van der Waals surface area (Å²) in [6.07, 6.45) is -0.730. The Morgan fingerprint density at radius 1 is 1.26 bits per heavy atom. The molecule has 140 valence electrons. The Kier molecular flexibility index (Phi) is 4.97. The number of ether oxygens (including phenoxy) is 1. The lowest BCUT2D eigenvalue weighted by atomic mass is 10.1. The lowest BCUT2D eigenvalue weighted by Crippen LogP contribution is -2.12. The van der Waals surface area contributed by atoms with Crippen LogP contribution in [0.2, 0.25) is 0 Å². The molecule has 0 aliphatic carbocycles. The maximum atomic E-state index is 12.1. The van der Waals surface area contributed by atoms with E-state index < -0.39 is 17.0 Å². The van der Waals surface area contributed by atoms with Crippen LogP contribution in [0.15, 0.2) is 33.2 Å². The van der Waals surface area contributed by atoms with Crippen molar-refractivity contribution in [2.75, 3.05) is 0 Å².